The number of hydrogen-bond acceptors (Lipinski definition) is 1. The molecule has 0 saturated carbocycles. The second kappa shape index (κ2) is 17.7. The molecule has 0 aromatic heterocycles. The topological polar surface area (TPSA) is 26.0 Å². The third-order valence-corrected chi connectivity index (χ3v) is 3.72. The number of nitrogens with two attached hydrogens (primary N) is 1. The molecule has 1 nitrogen and oxygen atoms in total. The minimum atomic E-state index is 0.867. The summed E-state index contributed by atoms with van der Waals surface area (Å²) in [5.41, 5.74) is 5.48. The first-order chi connectivity index (χ1) is 9.41. The van der Waals surface area contributed by atoms with Gasteiger partial charge in [0, 0.05) is 0 Å². The third-order valence-electron chi connectivity index (χ3n) is 3.72. The van der Waals surface area contributed by atoms with E-state index in [1.807, 2.05) is 0 Å². The van der Waals surface area contributed by atoms with Crippen LogP contribution in [0.1, 0.15) is 96.8 Å². The lowest BCUT2D eigenvalue weighted by atomic mass is 10.1. The van der Waals surface area contributed by atoms with Crippen LogP contribution in [0, 0.1) is 0 Å². The molecule has 0 amide bonds. The highest BCUT2D eigenvalue weighted by Gasteiger charge is 1.91. The lowest BCUT2D eigenvalue weighted by Gasteiger charge is -2.01. The van der Waals surface area contributed by atoms with Gasteiger partial charge in [-0.15, -0.1) is 0 Å². The minimum Gasteiger partial charge on any atom is -0.330 e. The fourth-order valence-corrected chi connectivity index (χ4v) is 2.39. The first-order valence-corrected chi connectivity index (χ1v) is 8.77. The van der Waals surface area contributed by atoms with Crippen LogP contribution in [0.5, 0.6) is 0 Å². The van der Waals surface area contributed by atoms with Gasteiger partial charge in [0.15, 0.2) is 0 Å². The van der Waals surface area contributed by atoms with Crippen molar-refractivity contribution < 1.29 is 0 Å². The van der Waals surface area contributed by atoms with Crippen molar-refractivity contribution in [2.24, 2.45) is 5.73 Å². The van der Waals surface area contributed by atoms with Crippen molar-refractivity contribution in [2.75, 3.05) is 6.54 Å². The van der Waals surface area contributed by atoms with Gasteiger partial charge in [0.1, 0.15) is 0 Å². The van der Waals surface area contributed by atoms with Crippen molar-refractivity contribution >= 4 is 0 Å². The normalized spacial score (nSPS) is 11.5. The molecule has 0 aliphatic carbocycles. The van der Waals surface area contributed by atoms with Crippen LogP contribution >= 0.6 is 0 Å². The predicted molar refractivity (Wildman–Crippen MR) is 88.5 cm³/mol. The average molecular weight is 268 g/mol. The van der Waals surface area contributed by atoms with Crippen LogP contribution in [0.3, 0.4) is 0 Å². The van der Waals surface area contributed by atoms with Gasteiger partial charge >= 0.3 is 0 Å². The first kappa shape index (κ1) is 18.7. The molecule has 19 heavy (non-hydrogen) atoms. The molecule has 0 aliphatic rings. The van der Waals surface area contributed by atoms with Crippen LogP contribution in [0.2, 0.25) is 0 Å². The van der Waals surface area contributed by atoms with Gasteiger partial charge in [-0.25, -0.2) is 0 Å². The standard InChI is InChI=1S/C18H37N/c1-2-3-4-5-6-7-8-9-10-11-12-13-14-15-16-17-18-19/h6-7H,2-5,8-19H2,1H3. The summed E-state index contributed by atoms with van der Waals surface area (Å²) in [6.45, 7) is 3.13. The van der Waals surface area contributed by atoms with E-state index in [2.05, 4.69) is 19.1 Å². The van der Waals surface area contributed by atoms with Crippen molar-refractivity contribution in [2.45, 2.75) is 96.8 Å². The Labute approximate surface area is 122 Å². The lowest BCUT2D eigenvalue weighted by molar-refractivity contribution is 0.562. The highest BCUT2D eigenvalue weighted by atomic mass is 14.5. The Morgan fingerprint density at radius 3 is 1.47 bits per heavy atom. The molecular weight excluding hydrogens is 230 g/mol. The molecule has 0 spiro atoms. The zero-order valence-corrected chi connectivity index (χ0v) is 13.3. The van der Waals surface area contributed by atoms with Crippen LogP contribution in [-0.4, -0.2) is 6.54 Å². The number of rotatable bonds is 15. The number of unbranched alkanes of at least 4 members (excludes halogenated alkanes) is 12. The van der Waals surface area contributed by atoms with Gasteiger partial charge in [0.2, 0.25) is 0 Å². The molecule has 0 atom stereocenters. The Kier molecular flexibility index (Phi) is 17.4. The smallest absolute Gasteiger partial charge is 0.00773 e. The Bertz CT molecular complexity index is 175. The van der Waals surface area contributed by atoms with Crippen LogP contribution < -0.4 is 5.73 Å². The quantitative estimate of drug-likeness (QED) is 0.286. The maximum Gasteiger partial charge on any atom is -0.00773 e. The molecule has 0 unspecified atom stereocenters. The first-order valence-electron chi connectivity index (χ1n) is 8.77. The summed E-state index contributed by atoms with van der Waals surface area (Å²) in [5, 5.41) is 0. The van der Waals surface area contributed by atoms with E-state index in [0.29, 0.717) is 0 Å². The Balaban J connectivity index is 2.98. The van der Waals surface area contributed by atoms with E-state index in [-0.39, 0.29) is 0 Å². The van der Waals surface area contributed by atoms with Crippen molar-refractivity contribution in [3.63, 3.8) is 0 Å². The summed E-state index contributed by atoms with van der Waals surface area (Å²) >= 11 is 0. The van der Waals surface area contributed by atoms with E-state index in [1.165, 1.54) is 89.9 Å². The molecule has 0 bridgehead atoms. The summed E-state index contributed by atoms with van der Waals surface area (Å²) in [5.74, 6) is 0. The Morgan fingerprint density at radius 2 is 1.00 bits per heavy atom. The van der Waals surface area contributed by atoms with Crippen molar-refractivity contribution in [1.82, 2.24) is 0 Å². The van der Waals surface area contributed by atoms with Gasteiger partial charge in [0.25, 0.3) is 0 Å². The largest absolute Gasteiger partial charge is 0.330 e. The van der Waals surface area contributed by atoms with Crippen molar-refractivity contribution in [3.05, 3.63) is 12.2 Å². The molecular formula is C18H37N. The zero-order valence-electron chi connectivity index (χ0n) is 13.3. The summed E-state index contributed by atoms with van der Waals surface area (Å²) in [6, 6.07) is 0. The Morgan fingerprint density at radius 1 is 0.579 bits per heavy atom. The van der Waals surface area contributed by atoms with Crippen LogP contribution in [0.4, 0.5) is 0 Å². The molecule has 0 fully saturated rings. The Hall–Kier alpha value is -0.300. The van der Waals surface area contributed by atoms with Crippen LogP contribution in [-0.2, 0) is 0 Å². The van der Waals surface area contributed by atoms with E-state index in [1.54, 1.807) is 0 Å². The number of allylic oxidation sites excluding steroid dienone is 2. The third kappa shape index (κ3) is 17.7. The highest BCUT2D eigenvalue weighted by Crippen LogP contribution is 2.10. The monoisotopic (exact) mass is 267 g/mol. The SMILES string of the molecule is CCCCCC=CCCCCCCCCCCCN. The second-order valence-electron chi connectivity index (χ2n) is 5.73. The summed E-state index contributed by atoms with van der Waals surface area (Å²) in [6.07, 6.45) is 23.9. The average Bonchev–Trinajstić information content (AvgIpc) is 2.43. The van der Waals surface area contributed by atoms with Gasteiger partial charge in [-0.3, -0.25) is 0 Å². The van der Waals surface area contributed by atoms with E-state index in [4.69, 9.17) is 5.73 Å². The molecule has 2 N–H and O–H groups in total. The van der Waals surface area contributed by atoms with Gasteiger partial charge in [-0.05, 0) is 38.6 Å². The van der Waals surface area contributed by atoms with Gasteiger partial charge in [0.05, 0.1) is 0 Å². The van der Waals surface area contributed by atoms with E-state index in [0.717, 1.165) is 6.54 Å². The van der Waals surface area contributed by atoms with Crippen LogP contribution in [0.25, 0.3) is 0 Å². The van der Waals surface area contributed by atoms with E-state index >= 15 is 0 Å². The van der Waals surface area contributed by atoms with Gasteiger partial charge < -0.3 is 5.73 Å². The summed E-state index contributed by atoms with van der Waals surface area (Å²) in [7, 11) is 0. The molecule has 0 aliphatic heterocycles. The molecule has 0 heterocycles. The summed E-state index contributed by atoms with van der Waals surface area (Å²) < 4.78 is 0. The number of hydrogen-bond donors (Lipinski definition) is 1. The fraction of sp³-hybridized carbons (Fsp3) is 0.889. The van der Waals surface area contributed by atoms with Crippen molar-refractivity contribution in [1.29, 1.82) is 0 Å². The maximum absolute atomic E-state index is 5.48. The molecule has 0 saturated heterocycles. The van der Waals surface area contributed by atoms with Gasteiger partial charge in [-0.1, -0.05) is 76.9 Å². The molecule has 0 aromatic carbocycles. The van der Waals surface area contributed by atoms with E-state index in [9.17, 15) is 0 Å². The second-order valence-corrected chi connectivity index (χ2v) is 5.73. The molecule has 114 valence electrons. The van der Waals surface area contributed by atoms with Gasteiger partial charge in [-0.2, -0.15) is 0 Å². The van der Waals surface area contributed by atoms with Crippen molar-refractivity contribution in [3.8, 4) is 0 Å². The molecule has 0 aromatic rings. The fourth-order valence-electron chi connectivity index (χ4n) is 2.39. The highest BCUT2D eigenvalue weighted by molar-refractivity contribution is 4.81. The minimum absolute atomic E-state index is 0.867. The molecule has 1 heteroatoms. The molecule has 0 radical (unpaired) electrons. The maximum atomic E-state index is 5.48. The predicted octanol–water partition coefficient (Wildman–Crippen LogP) is 5.98. The van der Waals surface area contributed by atoms with E-state index < -0.39 is 0 Å². The summed E-state index contributed by atoms with van der Waals surface area (Å²) in [4.78, 5) is 0. The lowest BCUT2D eigenvalue weighted by Crippen LogP contribution is -1.97. The molecule has 0 rings (SSSR count). The van der Waals surface area contributed by atoms with Crippen LogP contribution in [0.15, 0.2) is 12.2 Å². The zero-order chi connectivity index (χ0) is 14.0.